The first-order valence-electron chi connectivity index (χ1n) is 11.2. The molecular weight excluding hydrogens is 444 g/mol. The van der Waals surface area contributed by atoms with Crippen LogP contribution >= 0.6 is 11.8 Å². The Balaban J connectivity index is 1.65. The zero-order valence-corrected chi connectivity index (χ0v) is 21.2. The number of sulfonamides is 1. The Morgan fingerprint density at radius 3 is 2.31 bits per heavy atom. The predicted molar refractivity (Wildman–Crippen MR) is 130 cm³/mol. The van der Waals surface area contributed by atoms with Crippen LogP contribution in [0.15, 0.2) is 34.3 Å². The van der Waals surface area contributed by atoms with Gasteiger partial charge in [-0.25, -0.2) is 13.4 Å². The Bertz CT molecular complexity index is 1040. The minimum atomic E-state index is -3.48. The maximum atomic E-state index is 12.8. The van der Waals surface area contributed by atoms with E-state index >= 15 is 0 Å². The van der Waals surface area contributed by atoms with Gasteiger partial charge >= 0.3 is 0 Å². The topological polar surface area (TPSA) is 84.3 Å². The standard InChI is InChI=1S/C23H34N4O3S2/c1-16(2)15-27-18(4)17(3)24-23(27)31-19(5)22(28)25-20-9-11-21(12-10-20)32(29,30)26-13-7-6-8-14-26/h9-12,16,19H,6-8,13-15H2,1-5H3,(H,25,28). The van der Waals surface area contributed by atoms with E-state index in [2.05, 4.69) is 35.6 Å². The molecule has 0 aliphatic carbocycles. The number of nitrogens with one attached hydrogen (secondary N) is 1. The van der Waals surface area contributed by atoms with Gasteiger partial charge in [-0.05, 0) is 63.8 Å². The van der Waals surface area contributed by atoms with E-state index in [9.17, 15) is 13.2 Å². The third kappa shape index (κ3) is 5.74. The highest BCUT2D eigenvalue weighted by Crippen LogP contribution is 2.27. The lowest BCUT2D eigenvalue weighted by molar-refractivity contribution is -0.115. The van der Waals surface area contributed by atoms with Gasteiger partial charge in [-0.3, -0.25) is 4.79 Å². The number of carbonyl (C=O) groups excluding carboxylic acids is 1. The molecule has 0 bridgehead atoms. The Hall–Kier alpha value is -1.84. The van der Waals surface area contributed by atoms with Crippen molar-refractivity contribution in [1.29, 1.82) is 0 Å². The number of amides is 1. The van der Waals surface area contributed by atoms with Gasteiger partial charge in [0.15, 0.2) is 5.16 Å². The number of aromatic nitrogens is 2. The molecule has 1 atom stereocenters. The lowest BCUT2D eigenvalue weighted by Crippen LogP contribution is -2.35. The first kappa shape index (κ1) is 24.8. The number of thioether (sulfide) groups is 1. The molecule has 176 valence electrons. The fourth-order valence-electron chi connectivity index (χ4n) is 3.71. The molecule has 1 aliphatic heterocycles. The molecule has 1 N–H and O–H groups in total. The van der Waals surface area contributed by atoms with E-state index in [0.29, 0.717) is 24.7 Å². The minimum Gasteiger partial charge on any atom is -0.325 e. The molecule has 2 heterocycles. The van der Waals surface area contributed by atoms with Crippen LogP contribution in [-0.4, -0.2) is 46.5 Å². The summed E-state index contributed by atoms with van der Waals surface area (Å²) < 4.78 is 29.3. The van der Waals surface area contributed by atoms with E-state index < -0.39 is 10.0 Å². The molecule has 1 unspecified atom stereocenters. The molecule has 1 aliphatic rings. The number of anilines is 1. The number of hydrogen-bond donors (Lipinski definition) is 1. The Morgan fingerprint density at radius 2 is 1.72 bits per heavy atom. The number of carbonyl (C=O) groups is 1. The molecule has 1 amide bonds. The zero-order chi connectivity index (χ0) is 23.5. The Kier molecular flexibility index (Phi) is 8.06. The monoisotopic (exact) mass is 478 g/mol. The summed E-state index contributed by atoms with van der Waals surface area (Å²) in [4.78, 5) is 17.7. The van der Waals surface area contributed by atoms with Gasteiger partial charge in [-0.1, -0.05) is 32.0 Å². The number of rotatable bonds is 8. The molecule has 3 rings (SSSR count). The molecule has 32 heavy (non-hydrogen) atoms. The summed E-state index contributed by atoms with van der Waals surface area (Å²) in [7, 11) is -3.48. The van der Waals surface area contributed by atoms with Crippen molar-refractivity contribution >= 4 is 33.4 Å². The average Bonchev–Trinajstić information content (AvgIpc) is 3.01. The lowest BCUT2D eigenvalue weighted by Gasteiger charge is -2.25. The van der Waals surface area contributed by atoms with Crippen molar-refractivity contribution in [3.8, 4) is 0 Å². The van der Waals surface area contributed by atoms with Crippen molar-refractivity contribution in [2.24, 2.45) is 5.92 Å². The molecule has 0 radical (unpaired) electrons. The van der Waals surface area contributed by atoms with E-state index in [1.54, 1.807) is 28.6 Å². The van der Waals surface area contributed by atoms with Crippen LogP contribution in [0.3, 0.4) is 0 Å². The largest absolute Gasteiger partial charge is 0.325 e. The third-order valence-corrected chi connectivity index (χ3v) is 8.70. The van der Waals surface area contributed by atoms with E-state index in [4.69, 9.17) is 0 Å². The Morgan fingerprint density at radius 1 is 1.09 bits per heavy atom. The molecule has 2 aromatic rings. The minimum absolute atomic E-state index is 0.143. The molecule has 1 saturated heterocycles. The van der Waals surface area contributed by atoms with Crippen molar-refractivity contribution in [3.05, 3.63) is 35.7 Å². The molecule has 1 fully saturated rings. The van der Waals surface area contributed by atoms with Crippen LogP contribution < -0.4 is 5.32 Å². The van der Waals surface area contributed by atoms with Gasteiger partial charge in [0.2, 0.25) is 15.9 Å². The number of imidazole rings is 1. The van der Waals surface area contributed by atoms with Crippen LogP contribution in [0.2, 0.25) is 0 Å². The molecular formula is C23H34N4O3S2. The van der Waals surface area contributed by atoms with Crippen molar-refractivity contribution in [2.45, 2.75) is 75.7 Å². The Labute approximate surface area is 196 Å². The van der Waals surface area contributed by atoms with Gasteiger partial charge in [0, 0.05) is 31.0 Å². The lowest BCUT2D eigenvalue weighted by atomic mass is 10.2. The van der Waals surface area contributed by atoms with Crippen LogP contribution in [0, 0.1) is 19.8 Å². The maximum absolute atomic E-state index is 12.8. The van der Waals surface area contributed by atoms with Crippen LogP contribution in [0.25, 0.3) is 0 Å². The van der Waals surface area contributed by atoms with Gasteiger partial charge in [-0.15, -0.1) is 0 Å². The first-order chi connectivity index (χ1) is 15.1. The number of hydrogen-bond acceptors (Lipinski definition) is 5. The first-order valence-corrected chi connectivity index (χ1v) is 13.5. The number of aryl methyl sites for hydroxylation is 1. The second-order valence-electron chi connectivity index (χ2n) is 8.81. The van der Waals surface area contributed by atoms with Crippen LogP contribution in [0.5, 0.6) is 0 Å². The summed E-state index contributed by atoms with van der Waals surface area (Å²) in [6.45, 7) is 12.2. The van der Waals surface area contributed by atoms with Crippen molar-refractivity contribution in [1.82, 2.24) is 13.9 Å². The van der Waals surface area contributed by atoms with Crippen molar-refractivity contribution in [3.63, 3.8) is 0 Å². The summed E-state index contributed by atoms with van der Waals surface area (Å²) in [5, 5.41) is 3.39. The van der Waals surface area contributed by atoms with Crippen LogP contribution in [0.4, 0.5) is 5.69 Å². The van der Waals surface area contributed by atoms with Crippen LogP contribution in [0.1, 0.15) is 51.4 Å². The van der Waals surface area contributed by atoms with Crippen molar-refractivity contribution in [2.75, 3.05) is 18.4 Å². The number of benzene rings is 1. The second-order valence-corrected chi connectivity index (χ2v) is 12.1. The summed E-state index contributed by atoms with van der Waals surface area (Å²) in [6.07, 6.45) is 2.87. The zero-order valence-electron chi connectivity index (χ0n) is 19.6. The maximum Gasteiger partial charge on any atom is 0.243 e. The molecule has 1 aromatic carbocycles. The van der Waals surface area contributed by atoms with Crippen LogP contribution in [-0.2, 0) is 21.4 Å². The summed E-state index contributed by atoms with van der Waals surface area (Å²) in [5.74, 6) is 0.335. The SMILES string of the molecule is Cc1nc(SC(C)C(=O)Nc2ccc(S(=O)(=O)N3CCCCC3)cc2)n(CC(C)C)c1C. The van der Waals surface area contributed by atoms with E-state index in [1.807, 2.05) is 13.8 Å². The highest BCUT2D eigenvalue weighted by atomic mass is 32.2. The predicted octanol–water partition coefficient (Wildman–Crippen LogP) is 4.45. The van der Waals surface area contributed by atoms with E-state index in [0.717, 1.165) is 42.4 Å². The summed E-state index contributed by atoms with van der Waals surface area (Å²) in [6, 6.07) is 6.44. The third-order valence-electron chi connectivity index (χ3n) is 5.70. The normalized spacial score (nSPS) is 16.3. The fourth-order valence-corrected chi connectivity index (χ4v) is 6.24. The summed E-state index contributed by atoms with van der Waals surface area (Å²) in [5.41, 5.74) is 2.68. The van der Waals surface area contributed by atoms with Gasteiger partial charge in [0.05, 0.1) is 15.8 Å². The van der Waals surface area contributed by atoms with Gasteiger partial charge in [0.25, 0.3) is 0 Å². The summed E-state index contributed by atoms with van der Waals surface area (Å²) >= 11 is 1.44. The molecule has 0 saturated carbocycles. The molecule has 0 spiro atoms. The number of nitrogens with zero attached hydrogens (tertiary/aromatic N) is 3. The highest BCUT2D eigenvalue weighted by Gasteiger charge is 2.26. The van der Waals surface area contributed by atoms with Crippen molar-refractivity contribution < 1.29 is 13.2 Å². The molecule has 7 nitrogen and oxygen atoms in total. The fraction of sp³-hybridized carbons (Fsp3) is 0.565. The van der Waals surface area contributed by atoms with Gasteiger partial charge in [0.1, 0.15) is 0 Å². The molecule has 1 aromatic heterocycles. The highest BCUT2D eigenvalue weighted by molar-refractivity contribution is 8.00. The average molecular weight is 479 g/mol. The quantitative estimate of drug-likeness (QED) is 0.567. The second kappa shape index (κ2) is 10.4. The van der Waals surface area contributed by atoms with Gasteiger partial charge in [-0.2, -0.15) is 4.31 Å². The smallest absolute Gasteiger partial charge is 0.243 e. The van der Waals surface area contributed by atoms with E-state index in [-0.39, 0.29) is 16.1 Å². The molecule has 9 heteroatoms. The number of piperidine rings is 1. The van der Waals surface area contributed by atoms with Gasteiger partial charge < -0.3 is 9.88 Å². The van der Waals surface area contributed by atoms with E-state index in [1.165, 1.54) is 11.8 Å².